The van der Waals surface area contributed by atoms with Crippen LogP contribution in [-0.4, -0.2) is 0 Å². The van der Waals surface area contributed by atoms with E-state index in [0.717, 1.165) is 37.8 Å². The minimum absolute atomic E-state index is 0.0429. The molecule has 3 aromatic carbocycles. The van der Waals surface area contributed by atoms with Gasteiger partial charge in [0.2, 0.25) is 0 Å². The lowest BCUT2D eigenvalue weighted by atomic mass is 9.76. The summed E-state index contributed by atoms with van der Waals surface area (Å²) in [6, 6.07) is 9.34. The van der Waals surface area contributed by atoms with E-state index in [2.05, 4.69) is 6.92 Å². The van der Waals surface area contributed by atoms with Gasteiger partial charge in [0, 0.05) is 11.1 Å². The molecule has 0 amide bonds. The van der Waals surface area contributed by atoms with Crippen LogP contribution in [0.4, 0.5) is 22.0 Å². The molecule has 1 nitrogen and oxygen atoms in total. The molecule has 0 bridgehead atoms. The van der Waals surface area contributed by atoms with Crippen molar-refractivity contribution in [3.63, 3.8) is 0 Å². The smallest absolute Gasteiger partial charge is 0.194 e. The van der Waals surface area contributed by atoms with E-state index < -0.39 is 29.1 Å². The lowest BCUT2D eigenvalue weighted by Crippen LogP contribution is -2.16. The van der Waals surface area contributed by atoms with Gasteiger partial charge in [0.1, 0.15) is 11.6 Å². The normalized spacial score (nSPS) is 17.7. The fraction of sp³-hybridized carbons (Fsp3) is 0.419. The van der Waals surface area contributed by atoms with Gasteiger partial charge in [-0.05, 0) is 79.8 Å². The summed E-state index contributed by atoms with van der Waals surface area (Å²) in [6.07, 6.45) is 9.39. The number of benzene rings is 3. The third kappa shape index (κ3) is 6.16. The molecule has 0 saturated heterocycles. The minimum Gasteiger partial charge on any atom is -0.453 e. The molecule has 1 aliphatic carbocycles. The summed E-state index contributed by atoms with van der Waals surface area (Å²) in [5, 5.41) is 0. The molecular weight excluding hydrogens is 483 g/mol. The summed E-state index contributed by atoms with van der Waals surface area (Å²) in [4.78, 5) is 0. The molecular formula is C31H33F5O. The van der Waals surface area contributed by atoms with E-state index >= 15 is 8.78 Å². The molecule has 0 spiro atoms. The van der Waals surface area contributed by atoms with Gasteiger partial charge >= 0.3 is 0 Å². The Hall–Kier alpha value is -2.89. The number of hydrogen-bond acceptors (Lipinski definition) is 1. The van der Waals surface area contributed by atoms with Crippen molar-refractivity contribution < 1.29 is 26.7 Å². The first kappa shape index (κ1) is 27.2. The topological polar surface area (TPSA) is 9.23 Å². The van der Waals surface area contributed by atoms with E-state index in [0.29, 0.717) is 5.92 Å². The standard InChI is InChI=1S/C31H33F5O/c1-3-4-5-6-9-20-12-14-21(15-13-20)28-24(32)16-19(2)31(30(28)36)37-27-11-8-7-10-23(27)22-17-25(33)29(35)26(34)18-22/h7-8,10-11,16-18,20-21H,3-6,9,12-15H2,1-2H3/t20-,21-. The highest BCUT2D eigenvalue weighted by molar-refractivity contribution is 5.71. The van der Waals surface area contributed by atoms with E-state index in [1.54, 1.807) is 25.1 Å². The maximum atomic E-state index is 15.8. The molecule has 0 aromatic heterocycles. The van der Waals surface area contributed by atoms with Crippen LogP contribution in [0.1, 0.15) is 81.8 Å². The van der Waals surface area contributed by atoms with Gasteiger partial charge in [0.15, 0.2) is 29.0 Å². The summed E-state index contributed by atoms with van der Waals surface area (Å²) in [7, 11) is 0. The van der Waals surface area contributed by atoms with E-state index in [4.69, 9.17) is 4.74 Å². The van der Waals surface area contributed by atoms with Crippen LogP contribution < -0.4 is 4.74 Å². The molecule has 6 heteroatoms. The molecule has 0 radical (unpaired) electrons. The molecule has 1 aliphatic rings. The highest BCUT2D eigenvalue weighted by Crippen LogP contribution is 2.44. The van der Waals surface area contributed by atoms with Crippen molar-refractivity contribution in [1.29, 1.82) is 0 Å². The first-order chi connectivity index (χ1) is 17.8. The second-order valence-electron chi connectivity index (χ2n) is 10.2. The number of halogens is 5. The highest BCUT2D eigenvalue weighted by Gasteiger charge is 2.29. The van der Waals surface area contributed by atoms with Crippen molar-refractivity contribution >= 4 is 0 Å². The number of para-hydroxylation sites is 1. The summed E-state index contributed by atoms with van der Waals surface area (Å²) in [5.74, 6) is -5.18. The molecule has 3 aromatic rings. The molecule has 0 unspecified atom stereocenters. The SMILES string of the molecule is CCCCCC[C@H]1CC[C@H](c2c(F)cc(C)c(Oc3ccccc3-c3cc(F)c(F)c(F)c3)c2F)CC1. The van der Waals surface area contributed by atoms with Gasteiger partial charge in [-0.25, -0.2) is 22.0 Å². The van der Waals surface area contributed by atoms with Crippen LogP contribution in [0.25, 0.3) is 11.1 Å². The lowest BCUT2D eigenvalue weighted by Gasteiger charge is -2.30. The van der Waals surface area contributed by atoms with Crippen LogP contribution in [0.3, 0.4) is 0 Å². The van der Waals surface area contributed by atoms with Crippen molar-refractivity contribution in [2.24, 2.45) is 5.92 Å². The maximum Gasteiger partial charge on any atom is 0.194 e. The fourth-order valence-corrected chi connectivity index (χ4v) is 5.45. The molecule has 4 rings (SSSR count). The van der Waals surface area contributed by atoms with E-state index in [1.165, 1.54) is 44.2 Å². The number of aryl methyl sites for hydroxylation is 1. The second kappa shape index (κ2) is 12.1. The second-order valence-corrected chi connectivity index (χ2v) is 10.2. The van der Waals surface area contributed by atoms with Crippen molar-refractivity contribution in [2.45, 2.75) is 77.6 Å². The maximum absolute atomic E-state index is 15.8. The van der Waals surface area contributed by atoms with Crippen LogP contribution in [0.5, 0.6) is 11.5 Å². The predicted molar refractivity (Wildman–Crippen MR) is 136 cm³/mol. The predicted octanol–water partition coefficient (Wildman–Crippen LogP) is 10.4. The Bertz CT molecular complexity index is 1210. The average Bonchev–Trinajstić information content (AvgIpc) is 2.88. The first-order valence-electron chi connectivity index (χ1n) is 13.2. The van der Waals surface area contributed by atoms with Crippen LogP contribution in [0.2, 0.25) is 0 Å². The molecule has 0 aliphatic heterocycles. The van der Waals surface area contributed by atoms with E-state index in [9.17, 15) is 13.2 Å². The van der Waals surface area contributed by atoms with Crippen molar-refractivity contribution in [3.05, 3.63) is 82.7 Å². The third-order valence-corrected chi connectivity index (χ3v) is 7.51. The van der Waals surface area contributed by atoms with Gasteiger partial charge in [0.25, 0.3) is 0 Å². The Morgan fingerprint density at radius 3 is 2.14 bits per heavy atom. The lowest BCUT2D eigenvalue weighted by molar-refractivity contribution is 0.292. The van der Waals surface area contributed by atoms with E-state index in [1.807, 2.05) is 0 Å². The summed E-state index contributed by atoms with van der Waals surface area (Å²) < 4.78 is 78.1. The zero-order chi connectivity index (χ0) is 26.5. The van der Waals surface area contributed by atoms with Gasteiger partial charge < -0.3 is 4.74 Å². The van der Waals surface area contributed by atoms with Crippen molar-refractivity contribution in [1.82, 2.24) is 0 Å². The van der Waals surface area contributed by atoms with Gasteiger partial charge in [0.05, 0.1) is 0 Å². The summed E-state index contributed by atoms with van der Waals surface area (Å²) in [5.41, 5.74) is 0.620. The van der Waals surface area contributed by atoms with Crippen LogP contribution >= 0.6 is 0 Å². The average molecular weight is 517 g/mol. The Kier molecular flexibility index (Phi) is 8.88. The molecule has 0 atom stereocenters. The zero-order valence-electron chi connectivity index (χ0n) is 21.4. The Balaban J connectivity index is 1.58. The number of rotatable bonds is 9. The Morgan fingerprint density at radius 1 is 0.784 bits per heavy atom. The third-order valence-electron chi connectivity index (χ3n) is 7.51. The Morgan fingerprint density at radius 2 is 1.46 bits per heavy atom. The number of ether oxygens (including phenoxy) is 1. The van der Waals surface area contributed by atoms with Crippen molar-refractivity contribution in [2.75, 3.05) is 0 Å². The van der Waals surface area contributed by atoms with E-state index in [-0.39, 0.29) is 39.7 Å². The monoisotopic (exact) mass is 516 g/mol. The van der Waals surface area contributed by atoms with Crippen LogP contribution in [-0.2, 0) is 0 Å². The number of hydrogen-bond donors (Lipinski definition) is 0. The Labute approximate surface area is 215 Å². The summed E-state index contributed by atoms with van der Waals surface area (Å²) >= 11 is 0. The molecule has 0 N–H and O–H groups in total. The molecule has 37 heavy (non-hydrogen) atoms. The molecule has 1 fully saturated rings. The number of unbranched alkanes of at least 4 members (excludes halogenated alkanes) is 3. The minimum atomic E-state index is -1.57. The highest BCUT2D eigenvalue weighted by atomic mass is 19.2. The first-order valence-corrected chi connectivity index (χ1v) is 13.2. The molecule has 198 valence electrons. The fourth-order valence-electron chi connectivity index (χ4n) is 5.45. The van der Waals surface area contributed by atoms with Crippen molar-refractivity contribution in [3.8, 4) is 22.6 Å². The quantitative estimate of drug-likeness (QED) is 0.156. The van der Waals surface area contributed by atoms with Crippen LogP contribution in [0.15, 0.2) is 42.5 Å². The molecule has 1 saturated carbocycles. The summed E-state index contributed by atoms with van der Waals surface area (Å²) in [6.45, 7) is 3.74. The zero-order valence-corrected chi connectivity index (χ0v) is 21.4. The largest absolute Gasteiger partial charge is 0.453 e. The van der Waals surface area contributed by atoms with Gasteiger partial charge in [-0.1, -0.05) is 57.2 Å². The van der Waals surface area contributed by atoms with Gasteiger partial charge in [-0.2, -0.15) is 0 Å². The van der Waals surface area contributed by atoms with Gasteiger partial charge in [-0.15, -0.1) is 0 Å². The van der Waals surface area contributed by atoms with Gasteiger partial charge in [-0.3, -0.25) is 0 Å². The molecule has 0 heterocycles. The van der Waals surface area contributed by atoms with Crippen LogP contribution in [0, 0.1) is 41.9 Å².